The normalized spacial score (nSPS) is 10.9. The van der Waals surface area contributed by atoms with E-state index in [-0.39, 0.29) is 23.1 Å². The Morgan fingerprint density at radius 3 is 2.83 bits per heavy atom. The number of carbonyl (C=O) groups excluding carboxylic acids is 1. The predicted molar refractivity (Wildman–Crippen MR) is 130 cm³/mol. The molecule has 5 aromatic rings. The molecule has 5 rings (SSSR count). The summed E-state index contributed by atoms with van der Waals surface area (Å²) in [6, 6.07) is 10.5. The summed E-state index contributed by atoms with van der Waals surface area (Å²) >= 11 is 1.13. The molecule has 0 unspecified atom stereocenters. The first-order valence-electron chi connectivity index (χ1n) is 10.8. The molecule has 0 aliphatic carbocycles. The average molecular weight is 506 g/mol. The number of pyridine rings is 1. The summed E-state index contributed by atoms with van der Waals surface area (Å²) in [5, 5.41) is 9.17. The van der Waals surface area contributed by atoms with Gasteiger partial charge in [0.05, 0.1) is 19.9 Å². The predicted octanol–water partition coefficient (Wildman–Crippen LogP) is 3.66. The second-order valence-electron chi connectivity index (χ2n) is 7.36. The van der Waals surface area contributed by atoms with Crippen LogP contribution in [-0.2, 0) is 11.3 Å². The molecule has 0 saturated heterocycles. The van der Waals surface area contributed by atoms with Crippen molar-refractivity contribution in [3.05, 3.63) is 76.0 Å². The summed E-state index contributed by atoms with van der Waals surface area (Å²) in [4.78, 5) is 33.8. The molecule has 182 valence electrons. The molecule has 0 radical (unpaired) electrons. The van der Waals surface area contributed by atoms with E-state index in [9.17, 15) is 9.59 Å². The summed E-state index contributed by atoms with van der Waals surface area (Å²) in [5.74, 6) is 0.115. The lowest BCUT2D eigenvalue weighted by Crippen LogP contribution is -2.15. The molecule has 1 aromatic carbocycles. The third-order valence-electron chi connectivity index (χ3n) is 5.08. The van der Waals surface area contributed by atoms with Crippen LogP contribution in [0.2, 0.25) is 0 Å². The number of thiazole rings is 1. The average Bonchev–Trinajstić information content (AvgIpc) is 3.54. The zero-order valence-electron chi connectivity index (χ0n) is 19.2. The van der Waals surface area contributed by atoms with E-state index < -0.39 is 11.6 Å². The Balaban J connectivity index is 1.44. The molecule has 0 aliphatic rings. The molecule has 0 fully saturated rings. The number of benzene rings is 1. The van der Waals surface area contributed by atoms with E-state index in [1.54, 1.807) is 42.7 Å². The van der Waals surface area contributed by atoms with Gasteiger partial charge in [0.2, 0.25) is 5.88 Å². The third kappa shape index (κ3) is 4.53. The molecular formula is C24H19N5O6S. The topological polar surface area (TPSA) is 131 Å². The second-order valence-corrected chi connectivity index (χ2v) is 8.36. The van der Waals surface area contributed by atoms with Crippen molar-refractivity contribution < 1.29 is 23.4 Å². The van der Waals surface area contributed by atoms with E-state index in [0.29, 0.717) is 34.0 Å². The maximum atomic E-state index is 12.8. The highest BCUT2D eigenvalue weighted by molar-refractivity contribution is 7.17. The fourth-order valence-electron chi connectivity index (χ4n) is 3.42. The molecule has 0 bridgehead atoms. The van der Waals surface area contributed by atoms with Crippen molar-refractivity contribution in [3.8, 4) is 27.9 Å². The molecule has 0 amide bonds. The van der Waals surface area contributed by atoms with Gasteiger partial charge in [-0.05, 0) is 37.3 Å². The minimum Gasteiger partial charge on any atom is -0.494 e. The molecule has 0 saturated carbocycles. The highest BCUT2D eigenvalue weighted by atomic mass is 32.1. The number of carbonyl (C=O) groups is 1. The number of fused-ring (bicyclic) bond motifs is 1. The zero-order chi connectivity index (χ0) is 25.1. The fraction of sp³-hybridized carbons (Fsp3) is 0.167. The molecule has 0 atom stereocenters. The first kappa shape index (κ1) is 23.2. The largest absolute Gasteiger partial charge is 0.494 e. The van der Waals surface area contributed by atoms with Crippen LogP contribution in [0.15, 0.2) is 64.2 Å². The van der Waals surface area contributed by atoms with Gasteiger partial charge in [-0.1, -0.05) is 5.21 Å². The molecule has 11 nitrogen and oxygen atoms in total. The molecular weight excluding hydrogens is 486 g/mol. The lowest BCUT2D eigenvalue weighted by molar-refractivity contribution is 0.0600. The summed E-state index contributed by atoms with van der Waals surface area (Å²) < 4.78 is 23.0. The number of esters is 1. The Hall–Kier alpha value is -4.58. The van der Waals surface area contributed by atoms with Gasteiger partial charge in [0.25, 0.3) is 0 Å². The van der Waals surface area contributed by atoms with Crippen molar-refractivity contribution in [3.63, 3.8) is 0 Å². The van der Waals surface area contributed by atoms with Crippen molar-refractivity contribution in [1.29, 1.82) is 0 Å². The van der Waals surface area contributed by atoms with Gasteiger partial charge in [-0.15, -0.1) is 16.4 Å². The Morgan fingerprint density at radius 2 is 2.06 bits per heavy atom. The quantitative estimate of drug-likeness (QED) is 0.227. The van der Waals surface area contributed by atoms with Crippen LogP contribution in [-0.4, -0.2) is 44.6 Å². The number of hydrogen-bond donors (Lipinski definition) is 0. The van der Waals surface area contributed by atoms with Crippen LogP contribution in [0.5, 0.6) is 11.6 Å². The van der Waals surface area contributed by atoms with Crippen LogP contribution >= 0.6 is 11.3 Å². The number of aromatic nitrogens is 5. The highest BCUT2D eigenvalue weighted by Crippen LogP contribution is 2.33. The first-order chi connectivity index (χ1) is 17.6. The Morgan fingerprint density at radius 1 is 1.17 bits per heavy atom. The smallest absolute Gasteiger partial charge is 0.362 e. The van der Waals surface area contributed by atoms with Crippen LogP contribution in [0.3, 0.4) is 0 Å². The molecule has 36 heavy (non-hydrogen) atoms. The monoisotopic (exact) mass is 505 g/mol. The number of nitrogens with zero attached hydrogens (tertiary/aromatic N) is 5. The van der Waals surface area contributed by atoms with Gasteiger partial charge in [-0.2, -0.15) is 0 Å². The third-order valence-corrected chi connectivity index (χ3v) is 6.15. The second kappa shape index (κ2) is 9.96. The van der Waals surface area contributed by atoms with Gasteiger partial charge < -0.3 is 18.6 Å². The van der Waals surface area contributed by atoms with E-state index in [1.165, 1.54) is 18.0 Å². The van der Waals surface area contributed by atoms with Crippen LogP contribution in [0.1, 0.15) is 22.3 Å². The molecule has 0 N–H and O–H groups in total. The van der Waals surface area contributed by atoms with Crippen molar-refractivity contribution >= 4 is 28.3 Å². The van der Waals surface area contributed by atoms with Gasteiger partial charge >= 0.3 is 11.6 Å². The van der Waals surface area contributed by atoms with E-state index in [4.69, 9.17) is 18.6 Å². The summed E-state index contributed by atoms with van der Waals surface area (Å²) in [6.45, 7) is 2.29. The van der Waals surface area contributed by atoms with Crippen molar-refractivity contribution in [1.82, 2.24) is 25.0 Å². The van der Waals surface area contributed by atoms with Gasteiger partial charge in [-0.3, -0.25) is 4.98 Å². The fourth-order valence-corrected chi connectivity index (χ4v) is 4.34. The SMILES string of the molecule is CCOc1ccc2cc(-n3nncc3COc3nc(-c4cccnc4)sc3C(=O)OC)c(=O)oc2c1. The standard InChI is InChI=1S/C24H19N5O6S/c1-3-33-17-7-6-14-9-18(23(30)35-19(14)10-17)29-16(12-26-28-29)13-34-21-20(24(31)32-2)36-22(27-21)15-5-4-8-25-11-15/h4-12H,3,13H2,1-2H3. The summed E-state index contributed by atoms with van der Waals surface area (Å²) in [5.41, 5.74) is 1.12. The maximum absolute atomic E-state index is 12.8. The van der Waals surface area contributed by atoms with Crippen LogP contribution in [0, 0.1) is 0 Å². The minimum absolute atomic E-state index is 0.0754. The minimum atomic E-state index is -0.606. The molecule has 0 spiro atoms. The number of rotatable bonds is 8. The number of hydrogen-bond acceptors (Lipinski definition) is 11. The maximum Gasteiger partial charge on any atom is 0.362 e. The lowest BCUT2D eigenvalue weighted by Gasteiger charge is -2.08. The van der Waals surface area contributed by atoms with E-state index in [0.717, 1.165) is 16.9 Å². The Kier molecular flexibility index (Phi) is 6.41. The molecule has 4 heterocycles. The van der Waals surface area contributed by atoms with Gasteiger partial charge in [-0.25, -0.2) is 19.3 Å². The number of methoxy groups -OCH3 is 1. The van der Waals surface area contributed by atoms with E-state index >= 15 is 0 Å². The molecule has 4 aromatic heterocycles. The van der Waals surface area contributed by atoms with Crippen LogP contribution in [0.4, 0.5) is 0 Å². The Bertz CT molecular complexity index is 1590. The highest BCUT2D eigenvalue weighted by Gasteiger charge is 2.22. The molecule has 0 aliphatic heterocycles. The molecule has 12 heteroatoms. The first-order valence-corrected chi connectivity index (χ1v) is 11.6. The zero-order valence-corrected chi connectivity index (χ0v) is 20.0. The lowest BCUT2D eigenvalue weighted by atomic mass is 10.2. The Labute approximate surface area is 207 Å². The van der Waals surface area contributed by atoms with Gasteiger partial charge in [0, 0.05) is 29.4 Å². The van der Waals surface area contributed by atoms with Gasteiger partial charge in [0.1, 0.15) is 28.6 Å². The summed E-state index contributed by atoms with van der Waals surface area (Å²) in [7, 11) is 1.28. The van der Waals surface area contributed by atoms with Crippen LogP contribution < -0.4 is 15.1 Å². The van der Waals surface area contributed by atoms with Gasteiger partial charge in [0.15, 0.2) is 10.6 Å². The van der Waals surface area contributed by atoms with Crippen molar-refractivity contribution in [2.24, 2.45) is 0 Å². The van der Waals surface area contributed by atoms with Crippen LogP contribution in [0.25, 0.3) is 27.2 Å². The van der Waals surface area contributed by atoms with Crippen molar-refractivity contribution in [2.75, 3.05) is 13.7 Å². The summed E-state index contributed by atoms with van der Waals surface area (Å²) in [6.07, 6.45) is 4.73. The van der Waals surface area contributed by atoms with E-state index in [2.05, 4.69) is 20.3 Å². The number of ether oxygens (including phenoxy) is 3. The van der Waals surface area contributed by atoms with E-state index in [1.807, 2.05) is 13.0 Å². The van der Waals surface area contributed by atoms with Crippen molar-refractivity contribution in [2.45, 2.75) is 13.5 Å².